The maximum absolute atomic E-state index is 5.78. The Hall–Kier alpha value is -1.28. The van der Waals surface area contributed by atoms with E-state index in [0.717, 1.165) is 18.9 Å². The van der Waals surface area contributed by atoms with E-state index in [2.05, 4.69) is 42.1 Å². The van der Waals surface area contributed by atoms with Crippen LogP contribution in [0.3, 0.4) is 0 Å². The lowest BCUT2D eigenvalue weighted by atomic mass is 9.91. The number of nitrogens with zero attached hydrogens (tertiary/aromatic N) is 1. The molecule has 0 saturated heterocycles. The molecule has 1 fully saturated rings. The van der Waals surface area contributed by atoms with Crippen LogP contribution in [0.25, 0.3) is 10.9 Å². The van der Waals surface area contributed by atoms with Crippen LogP contribution in [0.5, 0.6) is 0 Å². The van der Waals surface area contributed by atoms with Crippen LogP contribution < -0.4 is 5.73 Å². The number of nitrogens with two attached hydrogens (primary N) is 1. The molecule has 90 valence electrons. The molecule has 2 aromatic rings. The maximum Gasteiger partial charge on any atom is 0.0480 e. The Morgan fingerprint density at radius 2 is 2.12 bits per heavy atom. The quantitative estimate of drug-likeness (QED) is 0.856. The summed E-state index contributed by atoms with van der Waals surface area (Å²) in [5.74, 6) is 1.55. The molecular formula is C15H20N2. The minimum Gasteiger partial charge on any atom is -0.350 e. The Morgan fingerprint density at radius 3 is 2.82 bits per heavy atom. The van der Waals surface area contributed by atoms with Gasteiger partial charge in [-0.1, -0.05) is 18.2 Å². The van der Waals surface area contributed by atoms with Gasteiger partial charge in [0.05, 0.1) is 0 Å². The molecule has 17 heavy (non-hydrogen) atoms. The lowest BCUT2D eigenvalue weighted by molar-refractivity contribution is 0.567. The summed E-state index contributed by atoms with van der Waals surface area (Å²) < 4.78 is 2.25. The van der Waals surface area contributed by atoms with Gasteiger partial charge in [0.2, 0.25) is 0 Å². The van der Waals surface area contributed by atoms with Gasteiger partial charge < -0.3 is 10.3 Å². The monoisotopic (exact) mass is 228 g/mol. The second-order valence-electron chi connectivity index (χ2n) is 5.23. The van der Waals surface area contributed by atoms with Crippen molar-refractivity contribution in [2.75, 3.05) is 6.54 Å². The van der Waals surface area contributed by atoms with Crippen LogP contribution in [0.2, 0.25) is 0 Å². The third-order valence-electron chi connectivity index (χ3n) is 4.00. The zero-order valence-electron chi connectivity index (χ0n) is 10.4. The third-order valence-corrected chi connectivity index (χ3v) is 4.00. The molecule has 0 bridgehead atoms. The molecule has 0 spiro atoms. The van der Waals surface area contributed by atoms with Gasteiger partial charge in [-0.15, -0.1) is 0 Å². The number of hydrogen-bond donors (Lipinski definition) is 1. The second kappa shape index (κ2) is 4.19. The molecule has 0 aliphatic heterocycles. The van der Waals surface area contributed by atoms with Gasteiger partial charge in [0.25, 0.3) is 0 Å². The van der Waals surface area contributed by atoms with E-state index in [1.54, 1.807) is 0 Å². The Bertz CT molecular complexity index is 523. The molecule has 0 radical (unpaired) electrons. The van der Waals surface area contributed by atoms with Gasteiger partial charge in [0.15, 0.2) is 0 Å². The van der Waals surface area contributed by atoms with E-state index in [1.807, 2.05) is 0 Å². The number of aryl methyl sites for hydroxylation is 1. The van der Waals surface area contributed by atoms with Gasteiger partial charge in [0, 0.05) is 24.1 Å². The van der Waals surface area contributed by atoms with Crippen LogP contribution in [0, 0.1) is 5.92 Å². The standard InChI is InChI=1S/C15H20N2/c1-17-10-14(12(8-9-16)11-6-7-11)13-4-2-3-5-15(13)17/h2-5,10-12H,6-9,16H2,1H3. The van der Waals surface area contributed by atoms with E-state index in [4.69, 9.17) is 5.73 Å². The number of fused-ring (bicyclic) bond motifs is 1. The molecule has 1 heterocycles. The van der Waals surface area contributed by atoms with Crippen molar-refractivity contribution >= 4 is 10.9 Å². The molecule has 0 amide bonds. The van der Waals surface area contributed by atoms with Crippen molar-refractivity contribution in [1.82, 2.24) is 4.57 Å². The van der Waals surface area contributed by atoms with Crippen LogP contribution in [-0.2, 0) is 7.05 Å². The van der Waals surface area contributed by atoms with Crippen LogP contribution in [-0.4, -0.2) is 11.1 Å². The zero-order valence-corrected chi connectivity index (χ0v) is 10.4. The molecule has 1 aliphatic rings. The van der Waals surface area contributed by atoms with Crippen molar-refractivity contribution in [1.29, 1.82) is 0 Å². The summed E-state index contributed by atoms with van der Waals surface area (Å²) in [5, 5.41) is 1.42. The number of rotatable bonds is 4. The van der Waals surface area contributed by atoms with Gasteiger partial charge in [-0.2, -0.15) is 0 Å². The smallest absolute Gasteiger partial charge is 0.0480 e. The number of para-hydroxylation sites is 1. The van der Waals surface area contributed by atoms with Crippen LogP contribution in [0.1, 0.15) is 30.7 Å². The summed E-state index contributed by atoms with van der Waals surface area (Å²) in [6, 6.07) is 8.70. The predicted molar refractivity (Wildman–Crippen MR) is 72.1 cm³/mol. The first-order valence-corrected chi connectivity index (χ1v) is 6.55. The topological polar surface area (TPSA) is 30.9 Å². The Labute approximate surface area is 102 Å². The highest BCUT2D eigenvalue weighted by atomic mass is 14.9. The largest absolute Gasteiger partial charge is 0.350 e. The van der Waals surface area contributed by atoms with Crippen molar-refractivity contribution in [3.8, 4) is 0 Å². The van der Waals surface area contributed by atoms with E-state index < -0.39 is 0 Å². The summed E-state index contributed by atoms with van der Waals surface area (Å²) in [5.41, 5.74) is 8.62. The highest BCUT2D eigenvalue weighted by Gasteiger charge is 2.33. The van der Waals surface area contributed by atoms with Crippen LogP contribution >= 0.6 is 0 Å². The zero-order chi connectivity index (χ0) is 11.8. The van der Waals surface area contributed by atoms with E-state index in [0.29, 0.717) is 5.92 Å². The first kappa shape index (κ1) is 10.8. The third kappa shape index (κ3) is 1.87. The molecule has 2 heteroatoms. The van der Waals surface area contributed by atoms with E-state index >= 15 is 0 Å². The summed E-state index contributed by atoms with van der Waals surface area (Å²) in [6.07, 6.45) is 6.20. The molecular weight excluding hydrogens is 208 g/mol. The molecule has 1 aliphatic carbocycles. The van der Waals surface area contributed by atoms with Crippen molar-refractivity contribution in [2.24, 2.45) is 18.7 Å². The fourth-order valence-electron chi connectivity index (χ4n) is 2.99. The lowest BCUT2D eigenvalue weighted by Gasteiger charge is -2.14. The van der Waals surface area contributed by atoms with E-state index in [-0.39, 0.29) is 0 Å². The molecule has 1 aromatic carbocycles. The van der Waals surface area contributed by atoms with Crippen molar-refractivity contribution in [3.63, 3.8) is 0 Å². The highest BCUT2D eigenvalue weighted by Crippen LogP contribution is 2.46. The van der Waals surface area contributed by atoms with E-state index in [1.165, 1.54) is 29.3 Å². The van der Waals surface area contributed by atoms with Gasteiger partial charge >= 0.3 is 0 Å². The van der Waals surface area contributed by atoms with E-state index in [9.17, 15) is 0 Å². The van der Waals surface area contributed by atoms with Gasteiger partial charge in [0.1, 0.15) is 0 Å². The number of aromatic nitrogens is 1. The van der Waals surface area contributed by atoms with Gasteiger partial charge in [-0.3, -0.25) is 0 Å². The minimum atomic E-state index is 0.672. The molecule has 1 unspecified atom stereocenters. The Kier molecular flexibility index (Phi) is 2.67. The van der Waals surface area contributed by atoms with Gasteiger partial charge in [-0.05, 0) is 49.3 Å². The SMILES string of the molecule is Cn1cc(C(CCN)C2CC2)c2ccccc21. The molecule has 1 atom stereocenters. The average molecular weight is 228 g/mol. The van der Waals surface area contributed by atoms with Crippen molar-refractivity contribution < 1.29 is 0 Å². The van der Waals surface area contributed by atoms with Crippen molar-refractivity contribution in [2.45, 2.75) is 25.2 Å². The lowest BCUT2D eigenvalue weighted by Crippen LogP contribution is -2.08. The normalized spacial score (nSPS) is 17.5. The molecule has 1 aromatic heterocycles. The summed E-state index contributed by atoms with van der Waals surface area (Å²) in [7, 11) is 2.14. The first-order valence-electron chi connectivity index (χ1n) is 6.55. The number of benzene rings is 1. The molecule has 2 N–H and O–H groups in total. The first-order chi connectivity index (χ1) is 8.31. The Morgan fingerprint density at radius 1 is 1.35 bits per heavy atom. The summed E-state index contributed by atoms with van der Waals surface area (Å²) in [6.45, 7) is 0.796. The summed E-state index contributed by atoms with van der Waals surface area (Å²) in [4.78, 5) is 0. The fourth-order valence-corrected chi connectivity index (χ4v) is 2.99. The predicted octanol–water partition coefficient (Wildman–Crippen LogP) is 3.02. The highest BCUT2D eigenvalue weighted by molar-refractivity contribution is 5.84. The maximum atomic E-state index is 5.78. The van der Waals surface area contributed by atoms with Crippen LogP contribution in [0.15, 0.2) is 30.5 Å². The molecule has 2 nitrogen and oxygen atoms in total. The number of hydrogen-bond acceptors (Lipinski definition) is 1. The summed E-state index contributed by atoms with van der Waals surface area (Å²) >= 11 is 0. The van der Waals surface area contributed by atoms with Crippen molar-refractivity contribution in [3.05, 3.63) is 36.0 Å². The minimum absolute atomic E-state index is 0.672. The average Bonchev–Trinajstić information content (AvgIpc) is 3.13. The van der Waals surface area contributed by atoms with Gasteiger partial charge in [-0.25, -0.2) is 0 Å². The van der Waals surface area contributed by atoms with Crippen LogP contribution in [0.4, 0.5) is 0 Å². The second-order valence-corrected chi connectivity index (χ2v) is 5.23. The fraction of sp³-hybridized carbons (Fsp3) is 0.467. The molecule has 3 rings (SSSR count). The Balaban J connectivity index is 2.08. The molecule has 1 saturated carbocycles.